The molecule has 0 aliphatic carbocycles. The summed E-state index contributed by atoms with van der Waals surface area (Å²) in [5, 5.41) is 0. The molecule has 0 unspecified atom stereocenters. The largest absolute Gasteiger partial charge is 0.468 e. The van der Waals surface area contributed by atoms with Crippen molar-refractivity contribution in [1.29, 1.82) is 0 Å². The van der Waals surface area contributed by atoms with Crippen LogP contribution in [0.3, 0.4) is 0 Å². The van der Waals surface area contributed by atoms with Crippen molar-refractivity contribution in [2.75, 3.05) is 39.7 Å². The molecule has 0 spiro atoms. The highest BCUT2D eigenvalue weighted by molar-refractivity contribution is 7.89. The Morgan fingerprint density at radius 1 is 0.950 bits per heavy atom. The molecule has 0 aliphatic heterocycles. The lowest BCUT2D eigenvalue weighted by Gasteiger charge is -2.19. The van der Waals surface area contributed by atoms with Gasteiger partial charge in [-0.15, -0.1) is 0 Å². The highest BCUT2D eigenvalue weighted by atomic mass is 32.2. The molecule has 20 heavy (non-hydrogen) atoms. The van der Waals surface area contributed by atoms with E-state index in [0.717, 1.165) is 14.2 Å². The van der Waals surface area contributed by atoms with Crippen molar-refractivity contribution in [2.45, 2.75) is 6.92 Å². The van der Waals surface area contributed by atoms with E-state index in [0.29, 0.717) is 4.31 Å². The summed E-state index contributed by atoms with van der Waals surface area (Å²) in [5.74, 6) is -3.70. The lowest BCUT2D eigenvalue weighted by Crippen LogP contribution is -2.42. The summed E-state index contributed by atoms with van der Waals surface area (Å²) in [4.78, 5) is 33.5. The molecule has 0 aromatic rings. The van der Waals surface area contributed by atoms with Gasteiger partial charge in [0.1, 0.15) is 13.1 Å². The first-order valence-corrected chi connectivity index (χ1v) is 7.14. The third kappa shape index (κ3) is 6.48. The topological polar surface area (TPSA) is 116 Å². The van der Waals surface area contributed by atoms with E-state index in [4.69, 9.17) is 0 Å². The van der Waals surface area contributed by atoms with E-state index < -0.39 is 46.8 Å². The number of esters is 3. The molecular weight excluding hydrogens is 294 g/mol. The minimum atomic E-state index is -4.20. The molecule has 0 aliphatic rings. The number of carbonyl (C=O) groups excluding carboxylic acids is 3. The summed E-state index contributed by atoms with van der Waals surface area (Å²) in [5.41, 5.74) is 0. The molecule has 0 atom stereocenters. The van der Waals surface area contributed by atoms with Gasteiger partial charge in [-0.2, -0.15) is 4.31 Å². The van der Waals surface area contributed by atoms with Gasteiger partial charge < -0.3 is 14.2 Å². The molecule has 0 aromatic carbocycles. The predicted molar refractivity (Wildman–Crippen MR) is 66.0 cm³/mol. The number of nitrogens with zero attached hydrogens (tertiary/aromatic N) is 1. The Hall–Kier alpha value is -1.68. The van der Waals surface area contributed by atoms with E-state index in [1.807, 2.05) is 0 Å². The van der Waals surface area contributed by atoms with E-state index in [2.05, 4.69) is 14.2 Å². The standard InChI is InChI=1S/C10H17NO8S/c1-4-19-10(14)7-20(15,16)11(5-8(12)17-2)6-9(13)18-3/h4-7H2,1-3H3. The SMILES string of the molecule is CCOC(=O)CS(=O)(=O)N(CC(=O)OC)CC(=O)OC. The highest BCUT2D eigenvalue weighted by Gasteiger charge is 2.30. The number of hydrogen-bond acceptors (Lipinski definition) is 8. The Morgan fingerprint density at radius 2 is 1.40 bits per heavy atom. The van der Waals surface area contributed by atoms with Crippen molar-refractivity contribution in [3.8, 4) is 0 Å². The Bertz CT molecular complexity index is 440. The van der Waals surface area contributed by atoms with E-state index in [1.165, 1.54) is 6.92 Å². The average molecular weight is 311 g/mol. The average Bonchev–Trinajstić information content (AvgIpc) is 2.36. The van der Waals surface area contributed by atoms with Crippen LogP contribution >= 0.6 is 0 Å². The highest BCUT2D eigenvalue weighted by Crippen LogP contribution is 2.04. The quantitative estimate of drug-likeness (QED) is 0.394. The molecule has 10 heteroatoms. The van der Waals surface area contributed by atoms with Gasteiger partial charge in [0, 0.05) is 0 Å². The van der Waals surface area contributed by atoms with Crippen molar-refractivity contribution in [2.24, 2.45) is 0 Å². The van der Waals surface area contributed by atoms with Crippen LogP contribution < -0.4 is 0 Å². The summed E-state index contributed by atoms with van der Waals surface area (Å²) in [6.45, 7) is 0.133. The molecule has 0 N–H and O–H groups in total. The van der Waals surface area contributed by atoms with Gasteiger partial charge in [0.15, 0.2) is 5.75 Å². The van der Waals surface area contributed by atoms with Gasteiger partial charge in [0.05, 0.1) is 20.8 Å². The van der Waals surface area contributed by atoms with Crippen LogP contribution in [0.5, 0.6) is 0 Å². The molecule has 116 valence electrons. The number of methoxy groups -OCH3 is 2. The number of ether oxygens (including phenoxy) is 3. The first-order valence-electron chi connectivity index (χ1n) is 5.53. The van der Waals surface area contributed by atoms with Crippen LogP contribution in [0.1, 0.15) is 6.92 Å². The predicted octanol–water partition coefficient (Wildman–Crippen LogP) is -1.47. The molecule has 0 fully saturated rings. The van der Waals surface area contributed by atoms with Crippen molar-refractivity contribution in [1.82, 2.24) is 4.31 Å². The van der Waals surface area contributed by atoms with Gasteiger partial charge in [-0.3, -0.25) is 14.4 Å². The van der Waals surface area contributed by atoms with Crippen LogP contribution in [-0.4, -0.2) is 70.3 Å². The monoisotopic (exact) mass is 311 g/mol. The van der Waals surface area contributed by atoms with Crippen LogP contribution in [0.4, 0.5) is 0 Å². The lowest BCUT2D eigenvalue weighted by atomic mass is 10.6. The van der Waals surface area contributed by atoms with E-state index in [-0.39, 0.29) is 6.61 Å². The van der Waals surface area contributed by atoms with Gasteiger partial charge in [-0.25, -0.2) is 8.42 Å². The third-order valence-electron chi connectivity index (χ3n) is 2.07. The molecule has 0 heterocycles. The van der Waals surface area contributed by atoms with Gasteiger partial charge in [-0.1, -0.05) is 0 Å². The molecule has 0 amide bonds. The Labute approximate surface area is 116 Å². The Kier molecular flexibility index (Phi) is 7.77. The molecule has 0 aromatic heterocycles. The van der Waals surface area contributed by atoms with Crippen LogP contribution in [0, 0.1) is 0 Å². The first kappa shape index (κ1) is 18.3. The first-order chi connectivity index (χ1) is 9.26. The Morgan fingerprint density at radius 3 is 1.75 bits per heavy atom. The molecule has 0 radical (unpaired) electrons. The lowest BCUT2D eigenvalue weighted by molar-refractivity contribution is -0.144. The molecule has 0 rings (SSSR count). The molecule has 9 nitrogen and oxygen atoms in total. The van der Waals surface area contributed by atoms with Gasteiger partial charge in [0.25, 0.3) is 0 Å². The Balaban J connectivity index is 5.02. The van der Waals surface area contributed by atoms with Crippen molar-refractivity contribution >= 4 is 27.9 Å². The van der Waals surface area contributed by atoms with Crippen LogP contribution in [-0.2, 0) is 38.6 Å². The second-order valence-corrected chi connectivity index (χ2v) is 5.45. The summed E-state index contributed by atoms with van der Waals surface area (Å²) >= 11 is 0. The number of carbonyl (C=O) groups is 3. The van der Waals surface area contributed by atoms with Crippen molar-refractivity contribution < 1.29 is 37.0 Å². The zero-order chi connectivity index (χ0) is 15.8. The fraction of sp³-hybridized carbons (Fsp3) is 0.700. The number of hydrogen-bond donors (Lipinski definition) is 0. The van der Waals surface area contributed by atoms with E-state index in [9.17, 15) is 22.8 Å². The fourth-order valence-electron chi connectivity index (χ4n) is 1.11. The third-order valence-corrected chi connectivity index (χ3v) is 3.71. The van der Waals surface area contributed by atoms with Gasteiger partial charge in [0.2, 0.25) is 10.0 Å². The second kappa shape index (κ2) is 8.48. The second-order valence-electron chi connectivity index (χ2n) is 3.48. The van der Waals surface area contributed by atoms with Gasteiger partial charge >= 0.3 is 17.9 Å². The van der Waals surface area contributed by atoms with Gasteiger partial charge in [-0.05, 0) is 6.92 Å². The van der Waals surface area contributed by atoms with E-state index in [1.54, 1.807) is 0 Å². The molecule has 0 saturated heterocycles. The number of sulfonamides is 1. The van der Waals surface area contributed by atoms with E-state index >= 15 is 0 Å². The number of rotatable bonds is 8. The summed E-state index contributed by atoms with van der Waals surface area (Å²) in [6.07, 6.45) is 0. The smallest absolute Gasteiger partial charge is 0.322 e. The van der Waals surface area contributed by atoms with Crippen molar-refractivity contribution in [3.63, 3.8) is 0 Å². The van der Waals surface area contributed by atoms with Crippen LogP contribution in [0.2, 0.25) is 0 Å². The zero-order valence-corrected chi connectivity index (χ0v) is 12.3. The maximum atomic E-state index is 11.9. The molecule has 0 bridgehead atoms. The fourth-order valence-corrected chi connectivity index (χ4v) is 2.28. The zero-order valence-electron chi connectivity index (χ0n) is 11.4. The summed E-state index contributed by atoms with van der Waals surface area (Å²) < 4.78 is 37.5. The summed E-state index contributed by atoms with van der Waals surface area (Å²) in [7, 11) is -2.06. The maximum Gasteiger partial charge on any atom is 0.322 e. The van der Waals surface area contributed by atoms with Crippen LogP contribution in [0.25, 0.3) is 0 Å². The normalized spacial score (nSPS) is 11.0. The van der Waals surface area contributed by atoms with Crippen molar-refractivity contribution in [3.05, 3.63) is 0 Å². The minimum Gasteiger partial charge on any atom is -0.468 e. The molecule has 0 saturated carbocycles. The van der Waals surface area contributed by atoms with Crippen LogP contribution in [0.15, 0.2) is 0 Å². The minimum absolute atomic E-state index is 0.0162. The summed E-state index contributed by atoms with van der Waals surface area (Å²) in [6, 6.07) is 0. The molecular formula is C10H17NO8S. The maximum absolute atomic E-state index is 11.9.